The number of amides is 1. The summed E-state index contributed by atoms with van der Waals surface area (Å²) < 4.78 is 1.40. The molecule has 0 spiro atoms. The predicted octanol–water partition coefficient (Wildman–Crippen LogP) is 2.76. The zero-order valence-electron chi connectivity index (χ0n) is 13.4. The lowest BCUT2D eigenvalue weighted by atomic mass is 9.98. The fraction of sp³-hybridized carbons (Fsp3) is 0.353. The number of aromatic amines is 1. The number of aromatic nitrogens is 3. The Kier molecular flexibility index (Phi) is 3.72. The highest BCUT2D eigenvalue weighted by Crippen LogP contribution is 2.32. The van der Waals surface area contributed by atoms with E-state index in [-0.39, 0.29) is 17.5 Å². The first-order valence-electron chi connectivity index (χ1n) is 8.08. The molecule has 0 unspecified atom stereocenters. The molecule has 1 amide bonds. The number of carbonyl (C=O) groups excluding carboxylic acids is 1. The number of H-pyrrole nitrogens is 1. The lowest BCUT2D eigenvalue weighted by molar-refractivity contribution is 0.0611. The van der Waals surface area contributed by atoms with Gasteiger partial charge in [-0.1, -0.05) is 0 Å². The molecule has 0 saturated carbocycles. The van der Waals surface area contributed by atoms with Crippen molar-refractivity contribution in [2.75, 3.05) is 6.54 Å². The summed E-state index contributed by atoms with van der Waals surface area (Å²) in [6.45, 7) is 2.70. The molecule has 6 nitrogen and oxygen atoms in total. The number of fused-ring (bicyclic) bond motifs is 1. The average Bonchev–Trinajstić information content (AvgIpc) is 3.23. The number of nitrogens with one attached hydrogen (secondary N) is 1. The molecule has 1 N–H and O–H groups in total. The third-order valence-electron chi connectivity index (χ3n) is 4.46. The van der Waals surface area contributed by atoms with Crippen LogP contribution in [0.25, 0.3) is 5.65 Å². The van der Waals surface area contributed by atoms with E-state index in [0.717, 1.165) is 29.0 Å². The highest BCUT2D eigenvalue weighted by molar-refractivity contribution is 7.13. The van der Waals surface area contributed by atoms with Gasteiger partial charge in [0.05, 0.1) is 16.6 Å². The van der Waals surface area contributed by atoms with Crippen LogP contribution in [0.1, 0.15) is 45.5 Å². The lowest BCUT2D eigenvalue weighted by Gasteiger charge is -2.35. The third-order valence-corrected chi connectivity index (χ3v) is 5.45. The first-order chi connectivity index (χ1) is 11.6. The van der Waals surface area contributed by atoms with Crippen LogP contribution in [0, 0.1) is 6.92 Å². The maximum Gasteiger partial charge on any atom is 0.272 e. The molecule has 3 aromatic heterocycles. The average molecular weight is 342 g/mol. The van der Waals surface area contributed by atoms with Gasteiger partial charge in [-0.2, -0.15) is 0 Å². The second-order valence-electron chi connectivity index (χ2n) is 6.10. The summed E-state index contributed by atoms with van der Waals surface area (Å²) >= 11 is 1.51. The van der Waals surface area contributed by atoms with Crippen molar-refractivity contribution in [1.29, 1.82) is 0 Å². The molecular weight excluding hydrogens is 324 g/mol. The summed E-state index contributed by atoms with van der Waals surface area (Å²) in [4.78, 5) is 33.5. The van der Waals surface area contributed by atoms with Crippen molar-refractivity contribution in [3.63, 3.8) is 0 Å². The first-order valence-corrected chi connectivity index (χ1v) is 8.89. The molecule has 0 aliphatic carbocycles. The van der Waals surface area contributed by atoms with Crippen molar-refractivity contribution in [2.45, 2.75) is 32.2 Å². The predicted molar refractivity (Wildman–Crippen MR) is 92.5 cm³/mol. The molecule has 0 bridgehead atoms. The van der Waals surface area contributed by atoms with Gasteiger partial charge >= 0.3 is 0 Å². The van der Waals surface area contributed by atoms with Crippen LogP contribution in [0.3, 0.4) is 0 Å². The van der Waals surface area contributed by atoms with Gasteiger partial charge in [0.1, 0.15) is 0 Å². The molecule has 0 radical (unpaired) electrons. The molecule has 4 rings (SSSR count). The summed E-state index contributed by atoms with van der Waals surface area (Å²) in [5, 5.41) is 2.84. The van der Waals surface area contributed by atoms with Crippen LogP contribution in [0.15, 0.2) is 35.3 Å². The maximum atomic E-state index is 12.9. The lowest BCUT2D eigenvalue weighted by Crippen LogP contribution is -2.39. The fourth-order valence-corrected chi connectivity index (χ4v) is 4.11. The monoisotopic (exact) mass is 342 g/mol. The van der Waals surface area contributed by atoms with Gasteiger partial charge in [-0.3, -0.25) is 14.7 Å². The Labute approximate surface area is 142 Å². The zero-order chi connectivity index (χ0) is 16.7. The van der Waals surface area contributed by atoms with E-state index >= 15 is 0 Å². The van der Waals surface area contributed by atoms with E-state index in [1.165, 1.54) is 15.9 Å². The SMILES string of the molecule is Cc1ccc(C(=O)N2CCCC[C@@H]2c2cc(=O)n3[nH]ccc3n2)s1. The highest BCUT2D eigenvalue weighted by Gasteiger charge is 2.30. The van der Waals surface area contributed by atoms with E-state index in [9.17, 15) is 9.59 Å². The molecule has 7 heteroatoms. The van der Waals surface area contributed by atoms with Crippen LogP contribution in [-0.2, 0) is 0 Å². The Morgan fingerprint density at radius 2 is 2.21 bits per heavy atom. The second-order valence-corrected chi connectivity index (χ2v) is 7.38. The molecule has 0 aromatic carbocycles. The molecule has 1 aliphatic rings. The minimum Gasteiger partial charge on any atom is -0.329 e. The van der Waals surface area contributed by atoms with Gasteiger partial charge in [0.15, 0.2) is 5.65 Å². The van der Waals surface area contributed by atoms with Crippen molar-refractivity contribution < 1.29 is 4.79 Å². The Morgan fingerprint density at radius 1 is 1.33 bits per heavy atom. The van der Waals surface area contributed by atoms with Crippen LogP contribution in [0.4, 0.5) is 0 Å². The normalized spacial score (nSPS) is 18.2. The zero-order valence-corrected chi connectivity index (χ0v) is 14.2. The number of aryl methyl sites for hydroxylation is 1. The Balaban J connectivity index is 1.73. The molecule has 3 aromatic rings. The smallest absolute Gasteiger partial charge is 0.272 e. The standard InChI is InChI=1S/C17H18N4O2S/c1-11-5-6-14(24-11)17(23)20-9-3-2-4-13(20)12-10-16(22)21-15(19-12)7-8-18-21/h5-8,10,13,18H,2-4,9H2,1H3/t13-/m1/s1. The highest BCUT2D eigenvalue weighted by atomic mass is 32.1. The number of carbonyl (C=O) groups is 1. The van der Waals surface area contributed by atoms with Gasteiger partial charge in [-0.15, -0.1) is 11.3 Å². The summed E-state index contributed by atoms with van der Waals surface area (Å²) in [7, 11) is 0. The number of nitrogens with zero attached hydrogens (tertiary/aromatic N) is 3. The Hall–Kier alpha value is -2.41. The summed E-state index contributed by atoms with van der Waals surface area (Å²) in [6.07, 6.45) is 4.54. The Morgan fingerprint density at radius 3 is 3.00 bits per heavy atom. The van der Waals surface area contributed by atoms with Crippen molar-refractivity contribution in [3.05, 3.63) is 56.3 Å². The van der Waals surface area contributed by atoms with E-state index in [1.807, 2.05) is 24.0 Å². The molecule has 124 valence electrons. The number of hydrogen-bond donors (Lipinski definition) is 1. The van der Waals surface area contributed by atoms with Crippen LogP contribution in [0.5, 0.6) is 0 Å². The van der Waals surface area contributed by atoms with Crippen LogP contribution >= 0.6 is 11.3 Å². The van der Waals surface area contributed by atoms with Gasteiger partial charge in [-0.25, -0.2) is 9.50 Å². The van der Waals surface area contributed by atoms with E-state index in [2.05, 4.69) is 10.1 Å². The third kappa shape index (κ3) is 2.54. The number of piperidine rings is 1. The van der Waals surface area contributed by atoms with Crippen molar-refractivity contribution in [3.8, 4) is 0 Å². The quantitative estimate of drug-likeness (QED) is 0.778. The molecular formula is C17H18N4O2S. The van der Waals surface area contributed by atoms with Crippen LogP contribution < -0.4 is 5.56 Å². The fourth-order valence-electron chi connectivity index (χ4n) is 3.29. The molecule has 24 heavy (non-hydrogen) atoms. The van der Waals surface area contributed by atoms with Crippen LogP contribution in [-0.4, -0.2) is 31.9 Å². The van der Waals surface area contributed by atoms with Crippen molar-refractivity contribution in [1.82, 2.24) is 19.5 Å². The molecule has 1 aliphatic heterocycles. The molecule has 4 heterocycles. The van der Waals surface area contributed by atoms with Crippen LogP contribution in [0.2, 0.25) is 0 Å². The molecule has 1 saturated heterocycles. The van der Waals surface area contributed by atoms with Gasteiger partial charge in [-0.05, 0) is 38.3 Å². The van der Waals surface area contributed by atoms with Gasteiger partial charge in [0.25, 0.3) is 11.5 Å². The van der Waals surface area contributed by atoms with Crippen molar-refractivity contribution >= 4 is 22.9 Å². The second kappa shape index (κ2) is 5.90. The largest absolute Gasteiger partial charge is 0.329 e. The van der Waals surface area contributed by atoms with E-state index in [0.29, 0.717) is 17.9 Å². The van der Waals surface area contributed by atoms with Crippen molar-refractivity contribution in [2.24, 2.45) is 0 Å². The maximum absolute atomic E-state index is 12.9. The summed E-state index contributed by atoms with van der Waals surface area (Å²) in [6, 6.07) is 7.02. The number of likely N-dealkylation sites (tertiary alicyclic amines) is 1. The number of rotatable bonds is 2. The minimum atomic E-state index is -0.148. The molecule has 1 atom stereocenters. The number of thiophene rings is 1. The number of hydrogen-bond acceptors (Lipinski definition) is 4. The van der Waals surface area contributed by atoms with Gasteiger partial charge in [0.2, 0.25) is 0 Å². The van der Waals surface area contributed by atoms with E-state index in [4.69, 9.17) is 0 Å². The van der Waals surface area contributed by atoms with Gasteiger partial charge < -0.3 is 4.90 Å². The van der Waals surface area contributed by atoms with E-state index < -0.39 is 0 Å². The topological polar surface area (TPSA) is 70.5 Å². The van der Waals surface area contributed by atoms with E-state index in [1.54, 1.807) is 18.3 Å². The van der Waals surface area contributed by atoms with Gasteiger partial charge in [0, 0.05) is 29.8 Å². The minimum absolute atomic E-state index is 0.0360. The first kappa shape index (κ1) is 15.1. The molecule has 1 fully saturated rings. The summed E-state index contributed by atoms with van der Waals surface area (Å²) in [5.74, 6) is 0.0360. The Bertz CT molecular complexity index is 955. The summed E-state index contributed by atoms with van der Waals surface area (Å²) in [5.41, 5.74) is 1.12.